The van der Waals surface area contributed by atoms with Crippen LogP contribution in [0.5, 0.6) is 11.5 Å². The lowest BCUT2D eigenvalue weighted by Crippen LogP contribution is -2.37. The molecule has 0 radical (unpaired) electrons. The number of nitrogens with zero attached hydrogens (tertiary/aromatic N) is 1. The van der Waals surface area contributed by atoms with Crippen LogP contribution < -0.4 is 8.92 Å². The summed E-state index contributed by atoms with van der Waals surface area (Å²) in [4.78, 5) is 15.6. The molecular formula is C26H29NO6S. The van der Waals surface area contributed by atoms with E-state index in [9.17, 15) is 13.2 Å². The van der Waals surface area contributed by atoms with Crippen LogP contribution in [0.25, 0.3) is 0 Å². The largest absolute Gasteiger partial charge is 0.493 e. The Morgan fingerprint density at radius 1 is 0.882 bits per heavy atom. The highest BCUT2D eigenvalue weighted by atomic mass is 32.2. The average Bonchev–Trinajstić information content (AvgIpc) is 2.82. The quantitative estimate of drug-likeness (QED) is 0.386. The monoisotopic (exact) mass is 483 g/mol. The molecule has 0 aliphatic rings. The van der Waals surface area contributed by atoms with E-state index in [0.717, 1.165) is 17.4 Å². The zero-order valence-corrected chi connectivity index (χ0v) is 20.3. The van der Waals surface area contributed by atoms with Gasteiger partial charge in [-0.2, -0.15) is 8.42 Å². The standard InChI is InChI=1S/C26H29NO6S/c1-31-17-16-27(19-20-14-15-23(32-2)24(18-20)33-34(3,29)30)26(28)25(21-10-6-4-7-11-21)22-12-8-5-9-13-22/h4-15,18,25H,16-17,19H2,1-3H3. The maximum Gasteiger partial charge on any atom is 0.306 e. The molecule has 1 amide bonds. The minimum absolute atomic E-state index is 0.0734. The van der Waals surface area contributed by atoms with Crippen LogP contribution in [0, 0.1) is 0 Å². The lowest BCUT2D eigenvalue weighted by Gasteiger charge is -2.28. The molecule has 0 aliphatic carbocycles. The molecule has 3 aromatic carbocycles. The summed E-state index contributed by atoms with van der Waals surface area (Å²) in [5.41, 5.74) is 2.47. The Balaban J connectivity index is 1.97. The lowest BCUT2D eigenvalue weighted by atomic mass is 9.90. The van der Waals surface area contributed by atoms with Gasteiger partial charge in [0.1, 0.15) is 0 Å². The van der Waals surface area contributed by atoms with E-state index in [1.165, 1.54) is 7.11 Å². The molecule has 3 aromatic rings. The number of rotatable bonds is 11. The third-order valence-corrected chi connectivity index (χ3v) is 5.71. The normalized spacial score (nSPS) is 11.3. The van der Waals surface area contributed by atoms with Crippen LogP contribution in [0.1, 0.15) is 22.6 Å². The Hall–Kier alpha value is -3.36. The summed E-state index contributed by atoms with van der Waals surface area (Å²) >= 11 is 0. The number of amides is 1. The van der Waals surface area contributed by atoms with Crippen LogP contribution in [-0.4, -0.2) is 52.9 Å². The predicted octanol–water partition coefficient (Wildman–Crippen LogP) is 3.84. The predicted molar refractivity (Wildman–Crippen MR) is 130 cm³/mol. The van der Waals surface area contributed by atoms with Crippen molar-refractivity contribution < 1.29 is 26.9 Å². The summed E-state index contributed by atoms with van der Waals surface area (Å²) in [7, 11) is -0.735. The van der Waals surface area contributed by atoms with Crippen LogP contribution in [0.2, 0.25) is 0 Å². The topological polar surface area (TPSA) is 82.1 Å². The first kappa shape index (κ1) is 25.3. The van der Waals surface area contributed by atoms with Crippen molar-refractivity contribution >= 4 is 16.0 Å². The molecule has 0 atom stereocenters. The average molecular weight is 484 g/mol. The van der Waals surface area contributed by atoms with Gasteiger partial charge in [0.15, 0.2) is 11.5 Å². The maximum atomic E-state index is 13.9. The number of hydrogen-bond donors (Lipinski definition) is 0. The third kappa shape index (κ3) is 6.82. The molecule has 0 aromatic heterocycles. The molecule has 0 saturated heterocycles. The first-order valence-electron chi connectivity index (χ1n) is 10.8. The van der Waals surface area contributed by atoms with E-state index in [1.54, 1.807) is 30.2 Å². The highest BCUT2D eigenvalue weighted by Gasteiger charge is 2.28. The van der Waals surface area contributed by atoms with E-state index in [1.807, 2.05) is 60.7 Å². The second-order valence-electron chi connectivity index (χ2n) is 7.78. The van der Waals surface area contributed by atoms with Crippen molar-refractivity contribution in [2.24, 2.45) is 0 Å². The number of methoxy groups -OCH3 is 2. The Bertz CT molecular complexity index is 1140. The van der Waals surface area contributed by atoms with E-state index in [0.29, 0.717) is 18.7 Å². The Morgan fingerprint density at radius 2 is 1.47 bits per heavy atom. The summed E-state index contributed by atoms with van der Waals surface area (Å²) in [5, 5.41) is 0. The molecule has 0 fully saturated rings. The smallest absolute Gasteiger partial charge is 0.306 e. The highest BCUT2D eigenvalue weighted by Crippen LogP contribution is 2.31. The number of carbonyl (C=O) groups excluding carboxylic acids is 1. The molecule has 0 spiro atoms. The van der Waals surface area contributed by atoms with Gasteiger partial charge in [0.05, 0.1) is 25.9 Å². The van der Waals surface area contributed by atoms with E-state index in [4.69, 9.17) is 13.7 Å². The van der Waals surface area contributed by atoms with Crippen LogP contribution in [0.15, 0.2) is 78.9 Å². The molecule has 0 bridgehead atoms. The van der Waals surface area contributed by atoms with Crippen molar-refractivity contribution in [3.8, 4) is 11.5 Å². The van der Waals surface area contributed by atoms with Gasteiger partial charge >= 0.3 is 10.1 Å². The SMILES string of the molecule is COCCN(Cc1ccc(OC)c(OS(C)(=O)=O)c1)C(=O)C(c1ccccc1)c1ccccc1. The Kier molecular flexibility index (Phi) is 8.67. The van der Waals surface area contributed by atoms with Gasteiger partial charge in [0, 0.05) is 20.2 Å². The summed E-state index contributed by atoms with van der Waals surface area (Å²) in [6.45, 7) is 0.952. The molecule has 34 heavy (non-hydrogen) atoms. The number of benzene rings is 3. The second kappa shape index (κ2) is 11.7. The van der Waals surface area contributed by atoms with E-state index < -0.39 is 16.0 Å². The van der Waals surface area contributed by atoms with Crippen molar-refractivity contribution in [3.05, 3.63) is 95.6 Å². The minimum Gasteiger partial charge on any atom is -0.493 e. The molecule has 0 saturated carbocycles. The van der Waals surface area contributed by atoms with Gasteiger partial charge in [0.25, 0.3) is 0 Å². The lowest BCUT2D eigenvalue weighted by molar-refractivity contribution is -0.133. The number of hydrogen-bond acceptors (Lipinski definition) is 6. The summed E-state index contributed by atoms with van der Waals surface area (Å²) in [6.07, 6.45) is 0.970. The highest BCUT2D eigenvalue weighted by molar-refractivity contribution is 7.86. The zero-order valence-electron chi connectivity index (χ0n) is 19.5. The van der Waals surface area contributed by atoms with Crippen molar-refractivity contribution in [2.75, 3.05) is 33.6 Å². The fourth-order valence-corrected chi connectivity index (χ4v) is 4.14. The van der Waals surface area contributed by atoms with Gasteiger partial charge in [-0.25, -0.2) is 0 Å². The molecule has 7 nitrogen and oxygen atoms in total. The zero-order chi connectivity index (χ0) is 24.6. The summed E-state index contributed by atoms with van der Waals surface area (Å²) in [5.74, 6) is -0.222. The van der Waals surface area contributed by atoms with Gasteiger partial charge < -0.3 is 18.6 Å². The summed E-state index contributed by atoms with van der Waals surface area (Å²) < 4.78 is 39.0. The van der Waals surface area contributed by atoms with Crippen LogP contribution in [-0.2, 0) is 26.2 Å². The molecular weight excluding hydrogens is 454 g/mol. The molecule has 0 heterocycles. The molecule has 0 N–H and O–H groups in total. The minimum atomic E-state index is -3.75. The van der Waals surface area contributed by atoms with E-state index in [-0.39, 0.29) is 24.0 Å². The molecule has 8 heteroatoms. The Morgan fingerprint density at radius 3 is 1.97 bits per heavy atom. The summed E-state index contributed by atoms with van der Waals surface area (Å²) in [6, 6.07) is 24.2. The fraction of sp³-hybridized carbons (Fsp3) is 0.269. The van der Waals surface area contributed by atoms with Crippen molar-refractivity contribution in [1.29, 1.82) is 0 Å². The Labute approximate surface area is 201 Å². The van der Waals surface area contributed by atoms with Crippen molar-refractivity contribution in [3.63, 3.8) is 0 Å². The van der Waals surface area contributed by atoms with Gasteiger partial charge in [-0.3, -0.25) is 4.79 Å². The van der Waals surface area contributed by atoms with Crippen LogP contribution >= 0.6 is 0 Å². The van der Waals surface area contributed by atoms with Crippen LogP contribution in [0.4, 0.5) is 0 Å². The van der Waals surface area contributed by atoms with Gasteiger partial charge in [-0.15, -0.1) is 0 Å². The van der Waals surface area contributed by atoms with Gasteiger partial charge in [-0.1, -0.05) is 66.7 Å². The fourth-order valence-electron chi connectivity index (χ4n) is 3.69. The van der Waals surface area contributed by atoms with E-state index >= 15 is 0 Å². The first-order chi connectivity index (χ1) is 16.3. The first-order valence-corrected chi connectivity index (χ1v) is 12.6. The van der Waals surface area contributed by atoms with Crippen LogP contribution in [0.3, 0.4) is 0 Å². The molecule has 0 unspecified atom stereocenters. The molecule has 0 aliphatic heterocycles. The van der Waals surface area contributed by atoms with Crippen molar-refractivity contribution in [2.45, 2.75) is 12.5 Å². The third-order valence-electron chi connectivity index (χ3n) is 5.23. The van der Waals surface area contributed by atoms with Gasteiger partial charge in [-0.05, 0) is 28.8 Å². The molecule has 3 rings (SSSR count). The second-order valence-corrected chi connectivity index (χ2v) is 9.35. The number of carbonyl (C=O) groups is 1. The van der Waals surface area contributed by atoms with Crippen molar-refractivity contribution in [1.82, 2.24) is 4.90 Å². The van der Waals surface area contributed by atoms with Gasteiger partial charge in [0.2, 0.25) is 5.91 Å². The number of ether oxygens (including phenoxy) is 2. The maximum absolute atomic E-state index is 13.9. The molecule has 180 valence electrons. The van der Waals surface area contributed by atoms with E-state index in [2.05, 4.69) is 0 Å².